The number of rotatable bonds is 6. The molecule has 1 atom stereocenters. The Kier molecular flexibility index (Phi) is 6.62. The lowest BCUT2D eigenvalue weighted by Gasteiger charge is -2.08. The second kappa shape index (κ2) is 8.83. The molecular formula is C19H18ClN3O3S3. The zero-order valence-corrected chi connectivity index (χ0v) is 19.3. The quantitative estimate of drug-likeness (QED) is 0.226. The number of hydrogen-bond acceptors (Lipinski definition) is 7. The lowest BCUT2D eigenvalue weighted by Crippen LogP contribution is -2.15. The smallest absolute Gasteiger partial charge is 0.339 e. The van der Waals surface area contributed by atoms with E-state index in [1.165, 1.54) is 30.2 Å². The first-order valence-electron chi connectivity index (χ1n) is 8.57. The highest BCUT2D eigenvalue weighted by Crippen LogP contribution is 2.31. The monoisotopic (exact) mass is 467 g/mol. The number of Topliss-reactive ketones (excluding diaryl/α,β-unsaturated/α-hetero) is 1. The summed E-state index contributed by atoms with van der Waals surface area (Å²) in [5, 5.41) is 4.74. The number of nitrogens with zero attached hydrogens (tertiary/aromatic N) is 2. The summed E-state index contributed by atoms with van der Waals surface area (Å²) >= 11 is 14.0. The SMILES string of the molecule is COC(=O)c1c(C)[nH]c(C(=O)C(C)Sc2nn(-c3ccc(Cl)cc3)c(=S)s2)c1C. The fraction of sp³-hybridized carbons (Fsp3) is 0.263. The normalized spacial score (nSPS) is 12.0. The van der Waals surface area contributed by atoms with Crippen LogP contribution in [0.4, 0.5) is 0 Å². The summed E-state index contributed by atoms with van der Waals surface area (Å²) in [5.74, 6) is -0.583. The molecule has 1 unspecified atom stereocenters. The average Bonchev–Trinajstić information content (AvgIpc) is 3.20. The van der Waals surface area contributed by atoms with Crippen molar-refractivity contribution in [2.24, 2.45) is 0 Å². The van der Waals surface area contributed by atoms with Gasteiger partial charge in [0.25, 0.3) is 0 Å². The molecule has 152 valence electrons. The van der Waals surface area contributed by atoms with Gasteiger partial charge in [0.15, 0.2) is 14.1 Å². The predicted molar refractivity (Wildman–Crippen MR) is 119 cm³/mol. The van der Waals surface area contributed by atoms with E-state index < -0.39 is 11.2 Å². The molecule has 0 amide bonds. The first-order chi connectivity index (χ1) is 13.7. The molecule has 2 heterocycles. The van der Waals surface area contributed by atoms with Crippen molar-refractivity contribution >= 4 is 58.7 Å². The van der Waals surface area contributed by atoms with E-state index in [0.29, 0.717) is 35.8 Å². The van der Waals surface area contributed by atoms with Crippen molar-refractivity contribution in [2.45, 2.75) is 30.4 Å². The number of esters is 1. The Morgan fingerprint density at radius 2 is 1.97 bits per heavy atom. The van der Waals surface area contributed by atoms with Crippen LogP contribution in [-0.2, 0) is 4.74 Å². The number of hydrogen-bond donors (Lipinski definition) is 1. The fourth-order valence-electron chi connectivity index (χ4n) is 2.87. The maximum Gasteiger partial charge on any atom is 0.339 e. The highest BCUT2D eigenvalue weighted by molar-refractivity contribution is 8.02. The number of ketones is 1. The molecule has 0 saturated carbocycles. The van der Waals surface area contributed by atoms with Crippen LogP contribution in [0.25, 0.3) is 5.69 Å². The number of carbonyl (C=O) groups is 2. The van der Waals surface area contributed by atoms with Crippen LogP contribution in [0.15, 0.2) is 28.6 Å². The average molecular weight is 468 g/mol. The molecule has 0 fully saturated rings. The number of aromatic nitrogens is 3. The molecule has 10 heteroatoms. The minimum absolute atomic E-state index is 0.120. The summed E-state index contributed by atoms with van der Waals surface area (Å²) in [7, 11) is 1.32. The molecule has 0 saturated heterocycles. The molecule has 0 radical (unpaired) electrons. The number of carbonyl (C=O) groups excluding carboxylic acids is 2. The van der Waals surface area contributed by atoms with Gasteiger partial charge in [-0.05, 0) is 62.8 Å². The van der Waals surface area contributed by atoms with E-state index in [9.17, 15) is 9.59 Å². The van der Waals surface area contributed by atoms with Gasteiger partial charge in [-0.25, -0.2) is 9.48 Å². The molecule has 1 aromatic carbocycles. The summed E-state index contributed by atoms with van der Waals surface area (Å²) in [6.45, 7) is 5.28. The van der Waals surface area contributed by atoms with Gasteiger partial charge < -0.3 is 9.72 Å². The van der Waals surface area contributed by atoms with Crippen molar-refractivity contribution in [1.82, 2.24) is 14.8 Å². The van der Waals surface area contributed by atoms with Crippen LogP contribution in [0.3, 0.4) is 0 Å². The van der Waals surface area contributed by atoms with Gasteiger partial charge in [-0.1, -0.05) is 34.7 Å². The third kappa shape index (κ3) is 4.48. The van der Waals surface area contributed by atoms with Gasteiger partial charge in [0.1, 0.15) is 0 Å². The predicted octanol–water partition coefficient (Wildman–Crippen LogP) is 5.41. The maximum atomic E-state index is 13.0. The highest BCUT2D eigenvalue weighted by Gasteiger charge is 2.26. The van der Waals surface area contributed by atoms with Crippen molar-refractivity contribution in [3.63, 3.8) is 0 Å². The summed E-state index contributed by atoms with van der Waals surface area (Å²) < 4.78 is 7.71. The Labute approximate surface area is 186 Å². The standard InChI is InChI=1S/C19H18ClN3O3S3/c1-9-14(17(25)26-4)10(2)21-15(9)16(24)11(3)28-18-22-23(19(27)29-18)13-7-5-12(20)6-8-13/h5-8,11,21H,1-4H3. The van der Waals surface area contributed by atoms with Crippen LogP contribution >= 0.6 is 46.9 Å². The molecule has 3 aromatic rings. The zero-order valence-electron chi connectivity index (χ0n) is 16.1. The van der Waals surface area contributed by atoms with Crippen LogP contribution in [-0.4, -0.2) is 38.9 Å². The topological polar surface area (TPSA) is 77.0 Å². The molecule has 0 aliphatic rings. The molecule has 3 rings (SSSR count). The number of benzene rings is 1. The van der Waals surface area contributed by atoms with E-state index in [-0.39, 0.29) is 5.78 Å². The molecule has 6 nitrogen and oxygen atoms in total. The molecule has 2 aromatic heterocycles. The number of aryl methyl sites for hydroxylation is 1. The summed E-state index contributed by atoms with van der Waals surface area (Å²) in [5.41, 5.74) is 2.81. The van der Waals surface area contributed by atoms with E-state index in [1.54, 1.807) is 37.6 Å². The Morgan fingerprint density at radius 3 is 2.59 bits per heavy atom. The number of methoxy groups -OCH3 is 1. The molecule has 0 bridgehead atoms. The van der Waals surface area contributed by atoms with Crippen molar-refractivity contribution in [3.8, 4) is 5.69 Å². The van der Waals surface area contributed by atoms with Gasteiger partial charge in [-0.15, -0.1) is 5.10 Å². The molecule has 0 aliphatic carbocycles. The van der Waals surface area contributed by atoms with E-state index in [1.807, 2.05) is 12.1 Å². The van der Waals surface area contributed by atoms with Gasteiger partial charge in [-0.3, -0.25) is 4.79 Å². The lowest BCUT2D eigenvalue weighted by atomic mass is 10.1. The number of aromatic amines is 1. The minimum atomic E-state index is -0.463. The van der Waals surface area contributed by atoms with Crippen LogP contribution < -0.4 is 0 Å². The van der Waals surface area contributed by atoms with Crippen molar-refractivity contribution < 1.29 is 14.3 Å². The van der Waals surface area contributed by atoms with Crippen LogP contribution in [0.5, 0.6) is 0 Å². The first-order valence-corrected chi connectivity index (χ1v) is 11.1. The lowest BCUT2D eigenvalue weighted by molar-refractivity contribution is 0.0599. The van der Waals surface area contributed by atoms with Gasteiger partial charge >= 0.3 is 5.97 Å². The van der Waals surface area contributed by atoms with Gasteiger partial charge in [-0.2, -0.15) is 0 Å². The summed E-state index contributed by atoms with van der Waals surface area (Å²) in [6, 6.07) is 7.21. The third-order valence-corrected chi connectivity index (χ3v) is 6.99. The molecule has 29 heavy (non-hydrogen) atoms. The zero-order chi connectivity index (χ0) is 21.3. The van der Waals surface area contributed by atoms with Crippen molar-refractivity contribution in [1.29, 1.82) is 0 Å². The van der Waals surface area contributed by atoms with E-state index >= 15 is 0 Å². The van der Waals surface area contributed by atoms with Crippen molar-refractivity contribution in [2.75, 3.05) is 7.11 Å². The Bertz CT molecular complexity index is 1130. The second-order valence-electron chi connectivity index (χ2n) is 6.26. The Morgan fingerprint density at radius 1 is 1.31 bits per heavy atom. The Hall–Kier alpha value is -1.94. The van der Waals surface area contributed by atoms with Gasteiger partial charge in [0.2, 0.25) is 0 Å². The Balaban J connectivity index is 1.82. The molecule has 0 spiro atoms. The maximum absolute atomic E-state index is 13.0. The van der Waals surface area contributed by atoms with E-state index in [2.05, 4.69) is 10.1 Å². The number of ether oxygens (including phenoxy) is 1. The minimum Gasteiger partial charge on any atom is -0.465 e. The van der Waals surface area contributed by atoms with Crippen molar-refractivity contribution in [3.05, 3.63) is 55.8 Å². The van der Waals surface area contributed by atoms with Gasteiger partial charge in [0.05, 0.1) is 29.3 Å². The van der Waals surface area contributed by atoms with E-state index in [4.69, 9.17) is 28.6 Å². The molecule has 0 aliphatic heterocycles. The van der Waals surface area contributed by atoms with Crippen LogP contribution in [0, 0.1) is 17.8 Å². The number of nitrogens with one attached hydrogen (secondary N) is 1. The van der Waals surface area contributed by atoms with Gasteiger partial charge in [0, 0.05) is 10.7 Å². The fourth-order valence-corrected chi connectivity index (χ4v) is 5.56. The number of halogens is 1. The largest absolute Gasteiger partial charge is 0.465 e. The molecular weight excluding hydrogens is 450 g/mol. The molecule has 1 N–H and O–H groups in total. The second-order valence-corrected chi connectivity index (χ2v) is 9.91. The van der Waals surface area contributed by atoms with E-state index in [0.717, 1.165) is 5.69 Å². The summed E-state index contributed by atoms with van der Waals surface area (Å²) in [4.78, 5) is 28.0. The first kappa shape index (κ1) is 21.8. The number of H-pyrrole nitrogens is 1. The number of thioether (sulfide) groups is 1. The van der Waals surface area contributed by atoms with Crippen LogP contribution in [0.2, 0.25) is 5.02 Å². The highest BCUT2D eigenvalue weighted by atomic mass is 35.5. The van der Waals surface area contributed by atoms with Crippen LogP contribution in [0.1, 0.15) is 39.0 Å². The third-order valence-electron chi connectivity index (χ3n) is 4.32. The summed E-state index contributed by atoms with van der Waals surface area (Å²) in [6.07, 6.45) is 0.